The van der Waals surface area contributed by atoms with Crippen molar-refractivity contribution in [1.82, 2.24) is 4.90 Å². The van der Waals surface area contributed by atoms with Gasteiger partial charge in [0.25, 0.3) is 0 Å². The van der Waals surface area contributed by atoms with Gasteiger partial charge in [-0.3, -0.25) is 4.90 Å². The Morgan fingerprint density at radius 2 is 1.71 bits per heavy atom. The zero-order chi connectivity index (χ0) is 14.5. The first kappa shape index (κ1) is 14.6. The molecule has 1 saturated heterocycles. The molecular weight excluding hydrogens is 278 g/mol. The van der Waals surface area contributed by atoms with Crippen LogP contribution in [-0.4, -0.2) is 30.7 Å². The molecule has 2 aromatic rings. The molecule has 0 aliphatic carbocycles. The van der Waals surface area contributed by atoms with Crippen LogP contribution >= 0.6 is 12.6 Å². The number of ether oxygens (including phenoxy) is 1. The van der Waals surface area contributed by atoms with Crippen molar-refractivity contribution in [3.8, 4) is 0 Å². The predicted molar refractivity (Wildman–Crippen MR) is 89.6 cm³/mol. The van der Waals surface area contributed by atoms with Gasteiger partial charge < -0.3 is 4.74 Å². The van der Waals surface area contributed by atoms with Crippen molar-refractivity contribution < 1.29 is 4.74 Å². The molecule has 2 aromatic carbocycles. The lowest BCUT2D eigenvalue weighted by Crippen LogP contribution is -2.43. The number of nitrogens with zero attached hydrogens (tertiary/aromatic N) is 1. The zero-order valence-corrected chi connectivity index (χ0v) is 13.0. The van der Waals surface area contributed by atoms with Gasteiger partial charge in [-0.15, -0.1) is 0 Å². The molecule has 3 heteroatoms. The molecule has 0 amide bonds. The van der Waals surface area contributed by atoms with E-state index >= 15 is 0 Å². The molecule has 1 aliphatic rings. The van der Waals surface area contributed by atoms with Crippen LogP contribution < -0.4 is 0 Å². The summed E-state index contributed by atoms with van der Waals surface area (Å²) < 4.78 is 5.94. The van der Waals surface area contributed by atoms with Crippen molar-refractivity contribution in [2.45, 2.75) is 17.9 Å². The predicted octanol–water partition coefficient (Wildman–Crippen LogP) is 3.56. The van der Waals surface area contributed by atoms with Crippen LogP contribution in [0.5, 0.6) is 0 Å². The molecule has 0 bridgehead atoms. The second-order valence-electron chi connectivity index (χ2n) is 5.49. The van der Waals surface area contributed by atoms with Gasteiger partial charge >= 0.3 is 0 Å². The van der Waals surface area contributed by atoms with E-state index in [-0.39, 0.29) is 11.4 Å². The first-order chi connectivity index (χ1) is 10.3. The fourth-order valence-electron chi connectivity index (χ4n) is 2.77. The third-order valence-electron chi connectivity index (χ3n) is 3.92. The Labute approximate surface area is 132 Å². The van der Waals surface area contributed by atoms with Crippen LogP contribution in [0.25, 0.3) is 0 Å². The minimum atomic E-state index is 0.129. The smallest absolute Gasteiger partial charge is 0.0859 e. The Balaban J connectivity index is 1.63. The number of hydrogen-bond donors (Lipinski definition) is 1. The van der Waals surface area contributed by atoms with Crippen molar-refractivity contribution in [3.05, 3.63) is 71.8 Å². The molecule has 0 saturated carbocycles. The molecule has 0 unspecified atom stereocenters. The third kappa shape index (κ3) is 3.88. The lowest BCUT2D eigenvalue weighted by molar-refractivity contribution is -0.0317. The Kier molecular flexibility index (Phi) is 4.96. The van der Waals surface area contributed by atoms with E-state index in [1.54, 1.807) is 0 Å². The van der Waals surface area contributed by atoms with Crippen LogP contribution in [0.1, 0.15) is 16.4 Å². The monoisotopic (exact) mass is 299 g/mol. The fraction of sp³-hybridized carbons (Fsp3) is 0.333. The van der Waals surface area contributed by atoms with Gasteiger partial charge in [0.2, 0.25) is 0 Å². The Hall–Kier alpha value is -1.29. The average Bonchev–Trinajstić information content (AvgIpc) is 2.56. The minimum Gasteiger partial charge on any atom is -0.374 e. The third-order valence-corrected chi connectivity index (χ3v) is 4.55. The topological polar surface area (TPSA) is 12.5 Å². The lowest BCUT2D eigenvalue weighted by Gasteiger charge is -2.35. The maximum Gasteiger partial charge on any atom is 0.0859 e. The summed E-state index contributed by atoms with van der Waals surface area (Å²) in [7, 11) is 0. The second kappa shape index (κ2) is 7.12. The van der Waals surface area contributed by atoms with Crippen molar-refractivity contribution in [2.75, 3.05) is 19.7 Å². The summed E-state index contributed by atoms with van der Waals surface area (Å²) in [5.74, 6) is 0. The lowest BCUT2D eigenvalue weighted by atomic mass is 10.1. The van der Waals surface area contributed by atoms with Crippen molar-refractivity contribution in [2.24, 2.45) is 0 Å². The molecule has 0 radical (unpaired) electrons. The molecule has 21 heavy (non-hydrogen) atoms. The van der Waals surface area contributed by atoms with Gasteiger partial charge in [0.1, 0.15) is 0 Å². The zero-order valence-electron chi connectivity index (χ0n) is 12.1. The van der Waals surface area contributed by atoms with Crippen molar-refractivity contribution >= 4 is 12.6 Å². The molecule has 0 spiro atoms. The van der Waals surface area contributed by atoms with E-state index in [0.29, 0.717) is 0 Å². The van der Waals surface area contributed by atoms with Crippen LogP contribution in [0.3, 0.4) is 0 Å². The number of morpholine rings is 1. The Morgan fingerprint density at radius 3 is 2.43 bits per heavy atom. The molecule has 0 aromatic heterocycles. The summed E-state index contributed by atoms with van der Waals surface area (Å²) in [4.78, 5) is 2.45. The highest BCUT2D eigenvalue weighted by Crippen LogP contribution is 2.28. The summed E-state index contributed by atoms with van der Waals surface area (Å²) in [6.07, 6.45) is 0.146. The van der Waals surface area contributed by atoms with Crippen molar-refractivity contribution in [1.29, 1.82) is 0 Å². The molecule has 1 fully saturated rings. The number of benzene rings is 2. The number of thiol groups is 1. The fourth-order valence-corrected chi connectivity index (χ4v) is 3.13. The molecule has 2 atom stereocenters. The van der Waals surface area contributed by atoms with Crippen LogP contribution in [0.2, 0.25) is 0 Å². The number of hydrogen-bond acceptors (Lipinski definition) is 3. The van der Waals surface area contributed by atoms with E-state index in [1.807, 2.05) is 6.07 Å². The SMILES string of the molecule is S[C@@H](c1ccccc1)[C@@H]1CN(Cc2ccccc2)CCO1. The van der Waals surface area contributed by atoms with Crippen LogP contribution in [0, 0.1) is 0 Å². The van der Waals surface area contributed by atoms with Gasteiger partial charge in [0.15, 0.2) is 0 Å². The summed E-state index contributed by atoms with van der Waals surface area (Å²) in [6, 6.07) is 21.0. The van der Waals surface area contributed by atoms with E-state index in [1.165, 1.54) is 11.1 Å². The Morgan fingerprint density at radius 1 is 1.05 bits per heavy atom. The summed E-state index contributed by atoms with van der Waals surface area (Å²) in [5.41, 5.74) is 2.58. The summed E-state index contributed by atoms with van der Waals surface area (Å²) >= 11 is 4.78. The summed E-state index contributed by atoms with van der Waals surface area (Å²) in [5, 5.41) is 0.129. The van der Waals surface area contributed by atoms with Crippen LogP contribution in [0.4, 0.5) is 0 Å². The average molecular weight is 299 g/mol. The van der Waals surface area contributed by atoms with E-state index in [0.717, 1.165) is 26.2 Å². The van der Waals surface area contributed by atoms with E-state index < -0.39 is 0 Å². The van der Waals surface area contributed by atoms with Gasteiger partial charge in [-0.2, -0.15) is 12.6 Å². The van der Waals surface area contributed by atoms with E-state index in [4.69, 9.17) is 17.4 Å². The first-order valence-electron chi connectivity index (χ1n) is 7.44. The standard InChI is InChI=1S/C18H21NOS/c21-18(16-9-5-2-6-10-16)17-14-19(11-12-20-17)13-15-7-3-1-4-8-15/h1-10,17-18,21H,11-14H2/t17-,18-/m0/s1. The normalized spacial score (nSPS) is 21.1. The Bertz CT molecular complexity index is 546. The highest BCUT2D eigenvalue weighted by atomic mass is 32.1. The van der Waals surface area contributed by atoms with Gasteiger partial charge in [0.05, 0.1) is 18.0 Å². The van der Waals surface area contributed by atoms with Gasteiger partial charge in [-0.25, -0.2) is 0 Å². The molecule has 110 valence electrons. The van der Waals surface area contributed by atoms with Crippen LogP contribution in [-0.2, 0) is 11.3 Å². The van der Waals surface area contributed by atoms with Crippen molar-refractivity contribution in [3.63, 3.8) is 0 Å². The second-order valence-corrected chi connectivity index (χ2v) is 6.04. The summed E-state index contributed by atoms with van der Waals surface area (Å²) in [6.45, 7) is 3.68. The maximum absolute atomic E-state index is 5.94. The van der Waals surface area contributed by atoms with Gasteiger partial charge in [-0.1, -0.05) is 60.7 Å². The van der Waals surface area contributed by atoms with E-state index in [9.17, 15) is 0 Å². The molecule has 2 nitrogen and oxygen atoms in total. The molecule has 0 N–H and O–H groups in total. The molecule has 1 heterocycles. The van der Waals surface area contributed by atoms with Crippen LogP contribution in [0.15, 0.2) is 60.7 Å². The number of rotatable bonds is 4. The largest absolute Gasteiger partial charge is 0.374 e. The molecule has 3 rings (SSSR count). The van der Waals surface area contributed by atoms with Gasteiger partial charge in [-0.05, 0) is 11.1 Å². The maximum atomic E-state index is 5.94. The van der Waals surface area contributed by atoms with Gasteiger partial charge in [0, 0.05) is 19.6 Å². The molecule has 1 aliphatic heterocycles. The minimum absolute atomic E-state index is 0.129. The quantitative estimate of drug-likeness (QED) is 0.867. The first-order valence-corrected chi connectivity index (χ1v) is 7.95. The van der Waals surface area contributed by atoms with E-state index in [2.05, 4.69) is 59.5 Å². The highest BCUT2D eigenvalue weighted by molar-refractivity contribution is 7.80. The molecular formula is C18H21NOS. The highest BCUT2D eigenvalue weighted by Gasteiger charge is 2.26.